The van der Waals surface area contributed by atoms with E-state index in [-0.39, 0.29) is 12.4 Å². The second-order valence-electron chi connectivity index (χ2n) is 4.35. The summed E-state index contributed by atoms with van der Waals surface area (Å²) in [5.74, 6) is 0. The van der Waals surface area contributed by atoms with Gasteiger partial charge in [-0.05, 0) is 26.4 Å². The van der Waals surface area contributed by atoms with Gasteiger partial charge in [-0.25, -0.2) is 0 Å². The van der Waals surface area contributed by atoms with Crippen LogP contribution < -0.4 is 5.32 Å². The predicted molar refractivity (Wildman–Crippen MR) is 67.8 cm³/mol. The molecule has 2 rings (SSSR count). The van der Waals surface area contributed by atoms with E-state index in [1.807, 2.05) is 25.0 Å². The smallest absolute Gasteiger partial charge is 0.0534 e. The first-order valence-electron chi connectivity index (χ1n) is 5.66. The Kier molecular flexibility index (Phi) is 5.25. The zero-order chi connectivity index (χ0) is 10.7. The SMILES string of the molecule is CNCC1CCCN1Cc1cnn(C)c1.Cl. The monoisotopic (exact) mass is 244 g/mol. The van der Waals surface area contributed by atoms with Crippen molar-refractivity contribution < 1.29 is 0 Å². The normalized spacial score (nSPS) is 21.0. The number of likely N-dealkylation sites (N-methyl/N-ethyl adjacent to an activating group) is 1. The van der Waals surface area contributed by atoms with Gasteiger partial charge in [0.2, 0.25) is 0 Å². The summed E-state index contributed by atoms with van der Waals surface area (Å²) in [6.07, 6.45) is 6.72. The Hall–Kier alpha value is -0.580. The fourth-order valence-corrected chi connectivity index (χ4v) is 2.36. The molecule has 1 aliphatic rings. The molecule has 1 aliphatic heterocycles. The number of aromatic nitrogens is 2. The van der Waals surface area contributed by atoms with E-state index in [0.29, 0.717) is 6.04 Å². The van der Waals surface area contributed by atoms with Crippen molar-refractivity contribution in [2.75, 3.05) is 20.1 Å². The first-order chi connectivity index (χ1) is 7.29. The summed E-state index contributed by atoms with van der Waals surface area (Å²) in [5.41, 5.74) is 1.32. The number of likely N-dealkylation sites (tertiary alicyclic amines) is 1. The molecule has 92 valence electrons. The van der Waals surface area contributed by atoms with Crippen LogP contribution in [0.1, 0.15) is 18.4 Å². The lowest BCUT2D eigenvalue weighted by atomic mass is 10.2. The summed E-state index contributed by atoms with van der Waals surface area (Å²) in [6.45, 7) is 3.36. The van der Waals surface area contributed by atoms with Crippen LogP contribution in [-0.2, 0) is 13.6 Å². The van der Waals surface area contributed by atoms with Gasteiger partial charge in [-0.3, -0.25) is 9.58 Å². The second kappa shape index (κ2) is 6.23. The summed E-state index contributed by atoms with van der Waals surface area (Å²) in [4.78, 5) is 2.55. The van der Waals surface area contributed by atoms with E-state index in [2.05, 4.69) is 21.5 Å². The Bertz CT molecular complexity index is 313. The Morgan fingerprint density at radius 2 is 2.38 bits per heavy atom. The van der Waals surface area contributed by atoms with Crippen LogP contribution in [0.5, 0.6) is 0 Å². The van der Waals surface area contributed by atoms with E-state index >= 15 is 0 Å². The molecule has 0 aromatic carbocycles. The minimum absolute atomic E-state index is 0. The quantitative estimate of drug-likeness (QED) is 0.859. The van der Waals surface area contributed by atoms with Crippen LogP contribution in [0.2, 0.25) is 0 Å². The van der Waals surface area contributed by atoms with Crippen molar-refractivity contribution in [2.45, 2.75) is 25.4 Å². The molecule has 4 nitrogen and oxygen atoms in total. The fourth-order valence-electron chi connectivity index (χ4n) is 2.36. The van der Waals surface area contributed by atoms with Crippen LogP contribution >= 0.6 is 12.4 Å². The fraction of sp³-hybridized carbons (Fsp3) is 0.727. The van der Waals surface area contributed by atoms with Gasteiger partial charge in [0.1, 0.15) is 0 Å². The topological polar surface area (TPSA) is 33.1 Å². The summed E-state index contributed by atoms with van der Waals surface area (Å²) in [7, 11) is 4.00. The highest BCUT2D eigenvalue weighted by Crippen LogP contribution is 2.19. The maximum absolute atomic E-state index is 4.20. The zero-order valence-electron chi connectivity index (χ0n) is 10.0. The lowest BCUT2D eigenvalue weighted by Gasteiger charge is -2.23. The third-order valence-corrected chi connectivity index (χ3v) is 3.08. The van der Waals surface area contributed by atoms with Crippen molar-refractivity contribution in [1.29, 1.82) is 0 Å². The minimum Gasteiger partial charge on any atom is -0.318 e. The van der Waals surface area contributed by atoms with Crippen LogP contribution in [0, 0.1) is 0 Å². The van der Waals surface area contributed by atoms with Crippen molar-refractivity contribution in [2.24, 2.45) is 7.05 Å². The summed E-state index contributed by atoms with van der Waals surface area (Å²) < 4.78 is 1.87. The molecular formula is C11H21ClN4. The third kappa shape index (κ3) is 3.20. The standard InChI is InChI=1S/C11H20N4.ClH/c1-12-7-11-4-3-5-15(11)9-10-6-13-14(2)8-10;/h6,8,11-12H,3-5,7,9H2,1-2H3;1H. The molecule has 0 amide bonds. The molecule has 1 atom stereocenters. The van der Waals surface area contributed by atoms with Gasteiger partial charge in [0, 0.05) is 37.9 Å². The molecule has 1 fully saturated rings. The van der Waals surface area contributed by atoms with Gasteiger partial charge in [-0.1, -0.05) is 0 Å². The van der Waals surface area contributed by atoms with Gasteiger partial charge >= 0.3 is 0 Å². The maximum atomic E-state index is 4.20. The van der Waals surface area contributed by atoms with Gasteiger partial charge < -0.3 is 5.32 Å². The zero-order valence-corrected chi connectivity index (χ0v) is 10.8. The molecule has 16 heavy (non-hydrogen) atoms. The Morgan fingerprint density at radius 1 is 1.56 bits per heavy atom. The van der Waals surface area contributed by atoms with Crippen molar-refractivity contribution in [3.63, 3.8) is 0 Å². The van der Waals surface area contributed by atoms with Crippen molar-refractivity contribution in [3.8, 4) is 0 Å². The third-order valence-electron chi connectivity index (χ3n) is 3.08. The van der Waals surface area contributed by atoms with Crippen LogP contribution in [-0.4, -0.2) is 40.9 Å². The van der Waals surface area contributed by atoms with E-state index < -0.39 is 0 Å². The molecule has 1 aromatic rings. The number of nitrogens with zero attached hydrogens (tertiary/aromatic N) is 3. The highest BCUT2D eigenvalue weighted by atomic mass is 35.5. The molecule has 0 aliphatic carbocycles. The van der Waals surface area contributed by atoms with Gasteiger partial charge in [0.05, 0.1) is 6.20 Å². The highest BCUT2D eigenvalue weighted by Gasteiger charge is 2.23. The largest absolute Gasteiger partial charge is 0.318 e. The molecule has 2 heterocycles. The van der Waals surface area contributed by atoms with Crippen LogP contribution in [0.3, 0.4) is 0 Å². The molecule has 0 spiro atoms. The molecular weight excluding hydrogens is 224 g/mol. The van der Waals surface area contributed by atoms with Crippen LogP contribution in [0.4, 0.5) is 0 Å². The first kappa shape index (κ1) is 13.5. The number of hydrogen-bond donors (Lipinski definition) is 1. The minimum atomic E-state index is 0. The number of aryl methyl sites for hydroxylation is 1. The van der Waals surface area contributed by atoms with E-state index in [1.165, 1.54) is 24.9 Å². The predicted octanol–water partition coefficient (Wildman–Crippen LogP) is 1.03. The summed E-state index contributed by atoms with van der Waals surface area (Å²) >= 11 is 0. The van der Waals surface area contributed by atoms with Crippen LogP contribution in [0.15, 0.2) is 12.4 Å². The lowest BCUT2D eigenvalue weighted by molar-refractivity contribution is 0.242. The molecule has 1 N–H and O–H groups in total. The number of rotatable bonds is 4. The van der Waals surface area contributed by atoms with E-state index in [1.54, 1.807) is 0 Å². The van der Waals surface area contributed by atoms with E-state index in [4.69, 9.17) is 0 Å². The Morgan fingerprint density at radius 3 is 3.00 bits per heavy atom. The molecule has 0 radical (unpaired) electrons. The average Bonchev–Trinajstić information content (AvgIpc) is 2.78. The molecule has 5 heteroatoms. The maximum Gasteiger partial charge on any atom is 0.0534 e. The lowest BCUT2D eigenvalue weighted by Crippen LogP contribution is -2.36. The number of nitrogens with one attached hydrogen (secondary N) is 1. The van der Waals surface area contributed by atoms with Gasteiger partial charge in [0.25, 0.3) is 0 Å². The Balaban J connectivity index is 0.00000128. The van der Waals surface area contributed by atoms with Gasteiger partial charge in [-0.2, -0.15) is 5.10 Å². The van der Waals surface area contributed by atoms with Gasteiger partial charge in [0.15, 0.2) is 0 Å². The van der Waals surface area contributed by atoms with E-state index in [0.717, 1.165) is 13.1 Å². The number of hydrogen-bond acceptors (Lipinski definition) is 3. The number of halogens is 1. The van der Waals surface area contributed by atoms with Crippen molar-refractivity contribution in [3.05, 3.63) is 18.0 Å². The second-order valence-corrected chi connectivity index (χ2v) is 4.35. The van der Waals surface area contributed by atoms with Gasteiger partial charge in [-0.15, -0.1) is 12.4 Å². The highest BCUT2D eigenvalue weighted by molar-refractivity contribution is 5.85. The van der Waals surface area contributed by atoms with E-state index in [9.17, 15) is 0 Å². The molecule has 1 unspecified atom stereocenters. The average molecular weight is 245 g/mol. The summed E-state index contributed by atoms with van der Waals surface area (Å²) in [5, 5.41) is 7.47. The molecule has 1 saturated heterocycles. The van der Waals surface area contributed by atoms with Crippen molar-refractivity contribution >= 4 is 12.4 Å². The molecule has 0 saturated carbocycles. The van der Waals surface area contributed by atoms with Crippen LogP contribution in [0.25, 0.3) is 0 Å². The summed E-state index contributed by atoms with van der Waals surface area (Å²) in [6, 6.07) is 0.704. The van der Waals surface area contributed by atoms with Crippen molar-refractivity contribution in [1.82, 2.24) is 20.0 Å². The first-order valence-corrected chi connectivity index (χ1v) is 5.66. The Labute approximate surface area is 103 Å². The molecule has 0 bridgehead atoms. The molecule has 1 aromatic heterocycles.